The van der Waals surface area contributed by atoms with E-state index >= 15 is 0 Å². The molecule has 1 heterocycles. The molecule has 1 aliphatic rings. The molecule has 1 unspecified atom stereocenters. The fourth-order valence-corrected chi connectivity index (χ4v) is 3.17. The van der Waals surface area contributed by atoms with Gasteiger partial charge < -0.3 is 5.73 Å². The first-order valence-electron chi connectivity index (χ1n) is 5.26. The smallest absolute Gasteiger partial charge is 0.0324 e. The minimum absolute atomic E-state index is 0.247. The Labute approximate surface area is 90.1 Å². The molecule has 2 heteroatoms. The van der Waals surface area contributed by atoms with Crippen molar-refractivity contribution in [1.29, 1.82) is 0 Å². The summed E-state index contributed by atoms with van der Waals surface area (Å²) in [6, 6.07) is 10.7. The molecule has 0 aliphatic carbocycles. The molecule has 1 aliphatic heterocycles. The van der Waals surface area contributed by atoms with Gasteiger partial charge in [0.05, 0.1) is 0 Å². The zero-order valence-corrected chi connectivity index (χ0v) is 9.17. The van der Waals surface area contributed by atoms with Gasteiger partial charge in [0.2, 0.25) is 0 Å². The number of hydrogen-bond acceptors (Lipinski definition) is 2. The second kappa shape index (κ2) is 4.85. The van der Waals surface area contributed by atoms with Gasteiger partial charge in [-0.3, -0.25) is 0 Å². The summed E-state index contributed by atoms with van der Waals surface area (Å²) < 4.78 is 0. The van der Waals surface area contributed by atoms with Gasteiger partial charge in [-0.15, -0.1) is 0 Å². The van der Waals surface area contributed by atoms with Crippen LogP contribution in [-0.2, 0) is 0 Å². The third-order valence-electron chi connectivity index (χ3n) is 2.96. The molecule has 1 aromatic carbocycles. The van der Waals surface area contributed by atoms with Crippen molar-refractivity contribution >= 4 is 11.8 Å². The van der Waals surface area contributed by atoms with E-state index in [0.29, 0.717) is 5.92 Å². The van der Waals surface area contributed by atoms with Gasteiger partial charge in [-0.25, -0.2) is 0 Å². The van der Waals surface area contributed by atoms with Crippen molar-refractivity contribution in [2.45, 2.75) is 18.9 Å². The minimum atomic E-state index is 0.247. The SMILES string of the molecule is NC(c1ccccc1)C1CCSCC1. The Morgan fingerprint density at radius 1 is 1.14 bits per heavy atom. The molecule has 1 nitrogen and oxygen atoms in total. The van der Waals surface area contributed by atoms with Crippen LogP contribution in [0.1, 0.15) is 24.4 Å². The molecule has 0 bridgehead atoms. The first-order valence-corrected chi connectivity index (χ1v) is 6.41. The molecule has 0 saturated carbocycles. The van der Waals surface area contributed by atoms with Gasteiger partial charge in [0, 0.05) is 6.04 Å². The van der Waals surface area contributed by atoms with Crippen molar-refractivity contribution in [1.82, 2.24) is 0 Å². The second-order valence-electron chi connectivity index (χ2n) is 3.89. The molecule has 0 amide bonds. The zero-order chi connectivity index (χ0) is 9.80. The molecule has 0 aromatic heterocycles. The Morgan fingerprint density at radius 3 is 2.43 bits per heavy atom. The Bertz CT molecular complexity index is 267. The van der Waals surface area contributed by atoms with E-state index in [9.17, 15) is 0 Å². The predicted molar refractivity (Wildman–Crippen MR) is 63.4 cm³/mol. The van der Waals surface area contributed by atoms with Crippen molar-refractivity contribution in [2.75, 3.05) is 11.5 Å². The summed E-state index contributed by atoms with van der Waals surface area (Å²) in [7, 11) is 0. The van der Waals surface area contributed by atoms with Gasteiger partial charge in [-0.05, 0) is 35.8 Å². The first kappa shape index (κ1) is 10.1. The molecule has 2 rings (SSSR count). The summed E-state index contributed by atoms with van der Waals surface area (Å²) in [6.07, 6.45) is 2.56. The van der Waals surface area contributed by atoms with Crippen LogP contribution in [0.25, 0.3) is 0 Å². The van der Waals surface area contributed by atoms with E-state index in [-0.39, 0.29) is 6.04 Å². The van der Waals surface area contributed by atoms with E-state index < -0.39 is 0 Å². The van der Waals surface area contributed by atoms with Crippen LogP contribution in [0.4, 0.5) is 0 Å². The van der Waals surface area contributed by atoms with Crippen LogP contribution in [-0.4, -0.2) is 11.5 Å². The van der Waals surface area contributed by atoms with E-state index in [2.05, 4.69) is 36.0 Å². The molecule has 2 N–H and O–H groups in total. The molecule has 1 saturated heterocycles. The average molecular weight is 207 g/mol. The molecule has 1 fully saturated rings. The standard InChI is InChI=1S/C12H17NS/c13-12(10-4-2-1-3-5-10)11-6-8-14-9-7-11/h1-5,11-12H,6-9,13H2. The van der Waals surface area contributed by atoms with E-state index in [0.717, 1.165) is 0 Å². The molecule has 76 valence electrons. The first-order chi connectivity index (χ1) is 6.88. The Morgan fingerprint density at radius 2 is 1.79 bits per heavy atom. The maximum Gasteiger partial charge on any atom is 0.0324 e. The molecular weight excluding hydrogens is 190 g/mol. The van der Waals surface area contributed by atoms with Gasteiger partial charge in [0.15, 0.2) is 0 Å². The highest BCUT2D eigenvalue weighted by molar-refractivity contribution is 7.99. The summed E-state index contributed by atoms with van der Waals surface area (Å²) >= 11 is 2.06. The van der Waals surface area contributed by atoms with Crippen molar-refractivity contribution in [3.05, 3.63) is 35.9 Å². The third-order valence-corrected chi connectivity index (χ3v) is 4.01. The minimum Gasteiger partial charge on any atom is -0.324 e. The molecular formula is C12H17NS. The summed E-state index contributed by atoms with van der Waals surface area (Å²) in [6.45, 7) is 0. The molecule has 1 atom stereocenters. The van der Waals surface area contributed by atoms with Gasteiger partial charge in [0.1, 0.15) is 0 Å². The predicted octanol–water partition coefficient (Wildman–Crippen LogP) is 2.83. The van der Waals surface area contributed by atoms with Crippen molar-refractivity contribution in [2.24, 2.45) is 11.7 Å². The van der Waals surface area contributed by atoms with Crippen LogP contribution >= 0.6 is 11.8 Å². The lowest BCUT2D eigenvalue weighted by atomic mass is 9.89. The summed E-state index contributed by atoms with van der Waals surface area (Å²) in [5, 5.41) is 0. The lowest BCUT2D eigenvalue weighted by Gasteiger charge is -2.27. The van der Waals surface area contributed by atoms with Crippen LogP contribution in [0.2, 0.25) is 0 Å². The molecule has 14 heavy (non-hydrogen) atoms. The molecule has 0 radical (unpaired) electrons. The third kappa shape index (κ3) is 2.31. The summed E-state index contributed by atoms with van der Waals surface area (Å²) in [5.74, 6) is 3.26. The Balaban J connectivity index is 2.03. The quantitative estimate of drug-likeness (QED) is 0.807. The normalized spacial score (nSPS) is 20.6. The maximum atomic E-state index is 6.26. The van der Waals surface area contributed by atoms with E-state index in [1.807, 2.05) is 6.07 Å². The summed E-state index contributed by atoms with van der Waals surface area (Å²) in [5.41, 5.74) is 7.56. The highest BCUT2D eigenvalue weighted by Gasteiger charge is 2.21. The number of hydrogen-bond donors (Lipinski definition) is 1. The zero-order valence-electron chi connectivity index (χ0n) is 8.36. The highest BCUT2D eigenvalue weighted by Crippen LogP contribution is 2.31. The average Bonchev–Trinajstić information content (AvgIpc) is 2.30. The van der Waals surface area contributed by atoms with Crippen molar-refractivity contribution < 1.29 is 0 Å². The number of rotatable bonds is 2. The monoisotopic (exact) mass is 207 g/mol. The van der Waals surface area contributed by atoms with Crippen molar-refractivity contribution in [3.8, 4) is 0 Å². The molecule has 0 spiro atoms. The van der Waals surface area contributed by atoms with Crippen LogP contribution in [0, 0.1) is 5.92 Å². The Kier molecular flexibility index (Phi) is 3.49. The van der Waals surface area contributed by atoms with Gasteiger partial charge in [-0.2, -0.15) is 11.8 Å². The van der Waals surface area contributed by atoms with Crippen LogP contribution in [0.5, 0.6) is 0 Å². The number of benzene rings is 1. The van der Waals surface area contributed by atoms with Gasteiger partial charge >= 0.3 is 0 Å². The number of nitrogens with two attached hydrogens (primary N) is 1. The van der Waals surface area contributed by atoms with Crippen LogP contribution in [0.3, 0.4) is 0 Å². The van der Waals surface area contributed by atoms with Crippen LogP contribution < -0.4 is 5.73 Å². The van der Waals surface area contributed by atoms with Crippen LogP contribution in [0.15, 0.2) is 30.3 Å². The summed E-state index contributed by atoms with van der Waals surface area (Å²) in [4.78, 5) is 0. The van der Waals surface area contributed by atoms with Gasteiger partial charge in [-0.1, -0.05) is 30.3 Å². The fourth-order valence-electron chi connectivity index (χ4n) is 2.02. The fraction of sp³-hybridized carbons (Fsp3) is 0.500. The van der Waals surface area contributed by atoms with E-state index in [4.69, 9.17) is 5.73 Å². The highest BCUT2D eigenvalue weighted by atomic mass is 32.2. The molecule has 1 aromatic rings. The van der Waals surface area contributed by atoms with Gasteiger partial charge in [0.25, 0.3) is 0 Å². The van der Waals surface area contributed by atoms with Crippen molar-refractivity contribution in [3.63, 3.8) is 0 Å². The maximum absolute atomic E-state index is 6.26. The largest absolute Gasteiger partial charge is 0.324 e. The number of thioether (sulfide) groups is 1. The Hall–Kier alpha value is -0.470. The van der Waals surface area contributed by atoms with E-state index in [1.165, 1.54) is 29.9 Å². The topological polar surface area (TPSA) is 26.0 Å². The lowest BCUT2D eigenvalue weighted by molar-refractivity contribution is 0.404. The lowest BCUT2D eigenvalue weighted by Crippen LogP contribution is -2.24. The van der Waals surface area contributed by atoms with E-state index in [1.54, 1.807) is 0 Å². The second-order valence-corrected chi connectivity index (χ2v) is 5.11.